The maximum absolute atomic E-state index is 12.0. The van der Waals surface area contributed by atoms with Crippen LogP contribution < -0.4 is 4.83 Å². The Labute approximate surface area is 129 Å². The van der Waals surface area contributed by atoms with E-state index in [1.54, 1.807) is 36.0 Å². The molecule has 0 spiro atoms. The lowest BCUT2D eigenvalue weighted by molar-refractivity contribution is 0.584. The van der Waals surface area contributed by atoms with E-state index < -0.39 is 10.0 Å². The molecule has 0 saturated carbocycles. The second-order valence-electron chi connectivity index (χ2n) is 4.44. The van der Waals surface area contributed by atoms with Crippen molar-refractivity contribution in [2.24, 2.45) is 5.10 Å². The molecule has 0 bridgehead atoms. The molecule has 0 aliphatic carbocycles. The summed E-state index contributed by atoms with van der Waals surface area (Å²) in [6.45, 7) is 1.90. The van der Waals surface area contributed by atoms with Crippen molar-refractivity contribution in [1.82, 2.24) is 4.83 Å². The molecule has 0 unspecified atom stereocenters. The zero-order valence-corrected chi connectivity index (χ0v) is 13.4. The number of sulfonamides is 1. The largest absolute Gasteiger partial charge is 0.276 e. The van der Waals surface area contributed by atoms with E-state index in [-0.39, 0.29) is 4.90 Å². The number of nitrogens with one attached hydrogen (secondary N) is 1. The van der Waals surface area contributed by atoms with Crippen molar-refractivity contribution in [2.75, 3.05) is 6.26 Å². The zero-order chi connectivity index (χ0) is 15.3. The molecule has 2 rings (SSSR count). The van der Waals surface area contributed by atoms with Gasteiger partial charge in [0.25, 0.3) is 10.0 Å². The summed E-state index contributed by atoms with van der Waals surface area (Å²) < 4.78 is 24.0. The van der Waals surface area contributed by atoms with Crippen LogP contribution in [0.5, 0.6) is 0 Å². The predicted octanol–water partition coefficient (Wildman–Crippen LogP) is 3.03. The number of hydrogen-bond donors (Lipinski definition) is 1. The number of hydrogen-bond acceptors (Lipinski definition) is 4. The van der Waals surface area contributed by atoms with Gasteiger partial charge in [-0.05, 0) is 43.0 Å². The van der Waals surface area contributed by atoms with E-state index in [0.29, 0.717) is 0 Å². The maximum atomic E-state index is 12.0. The highest BCUT2D eigenvalue weighted by Crippen LogP contribution is 2.14. The Morgan fingerprint density at radius 3 is 2.24 bits per heavy atom. The van der Waals surface area contributed by atoms with Crippen LogP contribution in [0.1, 0.15) is 11.1 Å². The lowest BCUT2D eigenvalue weighted by Crippen LogP contribution is -2.18. The average molecular weight is 320 g/mol. The molecule has 110 valence electrons. The van der Waals surface area contributed by atoms with Crippen LogP contribution in [0.15, 0.2) is 63.4 Å². The molecule has 0 radical (unpaired) electrons. The van der Waals surface area contributed by atoms with Crippen LogP contribution in [0, 0.1) is 6.92 Å². The van der Waals surface area contributed by atoms with Crippen molar-refractivity contribution in [1.29, 1.82) is 0 Å². The monoisotopic (exact) mass is 320 g/mol. The van der Waals surface area contributed by atoms with Gasteiger partial charge in [0.05, 0.1) is 11.1 Å². The highest BCUT2D eigenvalue weighted by molar-refractivity contribution is 7.98. The summed E-state index contributed by atoms with van der Waals surface area (Å²) in [6.07, 6.45) is 3.48. The fourth-order valence-corrected chi connectivity index (χ4v) is 2.83. The van der Waals surface area contributed by atoms with E-state index in [2.05, 4.69) is 9.93 Å². The molecular formula is C15H16N2O2S2. The van der Waals surface area contributed by atoms with Crippen molar-refractivity contribution in [2.45, 2.75) is 16.7 Å². The first-order valence-corrected chi connectivity index (χ1v) is 8.98. The summed E-state index contributed by atoms with van der Waals surface area (Å²) in [7, 11) is -3.61. The molecule has 0 aliphatic heterocycles. The molecule has 6 heteroatoms. The van der Waals surface area contributed by atoms with Gasteiger partial charge in [0.2, 0.25) is 0 Å². The van der Waals surface area contributed by atoms with Crippen molar-refractivity contribution in [3.8, 4) is 0 Å². The topological polar surface area (TPSA) is 58.5 Å². The standard InChI is InChI=1S/C15H16N2O2S2/c1-12-3-9-15(10-4-12)21(18,19)17-16-11-13-5-7-14(20-2)8-6-13/h3-11,17H,1-2H3. The van der Waals surface area contributed by atoms with E-state index in [9.17, 15) is 8.42 Å². The van der Waals surface area contributed by atoms with E-state index in [1.165, 1.54) is 6.21 Å². The number of benzene rings is 2. The third-order valence-corrected chi connectivity index (χ3v) is 4.82. The summed E-state index contributed by atoms with van der Waals surface area (Å²) in [5.41, 5.74) is 1.84. The van der Waals surface area contributed by atoms with Gasteiger partial charge < -0.3 is 0 Å². The van der Waals surface area contributed by atoms with Gasteiger partial charge in [0.1, 0.15) is 0 Å². The van der Waals surface area contributed by atoms with E-state index in [0.717, 1.165) is 16.0 Å². The van der Waals surface area contributed by atoms with Gasteiger partial charge in [-0.1, -0.05) is 29.8 Å². The predicted molar refractivity (Wildman–Crippen MR) is 87.3 cm³/mol. The molecule has 0 saturated heterocycles. The summed E-state index contributed by atoms with van der Waals surface area (Å²) >= 11 is 1.65. The number of rotatable bonds is 5. The summed E-state index contributed by atoms with van der Waals surface area (Å²) in [5, 5.41) is 3.80. The average Bonchev–Trinajstić information content (AvgIpc) is 2.48. The molecule has 0 aromatic heterocycles. The fraction of sp³-hybridized carbons (Fsp3) is 0.133. The second-order valence-corrected chi connectivity index (χ2v) is 6.98. The molecule has 2 aromatic carbocycles. The van der Waals surface area contributed by atoms with Gasteiger partial charge in [-0.3, -0.25) is 0 Å². The Hall–Kier alpha value is -1.79. The Balaban J connectivity index is 2.06. The smallest absolute Gasteiger partial charge is 0.200 e. The molecule has 0 aliphatic rings. The van der Waals surface area contributed by atoms with Gasteiger partial charge in [-0.25, -0.2) is 4.83 Å². The molecule has 0 amide bonds. The zero-order valence-electron chi connectivity index (χ0n) is 11.8. The van der Waals surface area contributed by atoms with Crippen LogP contribution in [0.25, 0.3) is 0 Å². The molecule has 21 heavy (non-hydrogen) atoms. The van der Waals surface area contributed by atoms with Crippen LogP contribution in [0.4, 0.5) is 0 Å². The number of aryl methyl sites for hydroxylation is 1. The van der Waals surface area contributed by atoms with E-state index >= 15 is 0 Å². The fourth-order valence-electron chi connectivity index (χ4n) is 1.63. The van der Waals surface area contributed by atoms with Crippen LogP contribution in [-0.4, -0.2) is 20.9 Å². The molecule has 2 aromatic rings. The van der Waals surface area contributed by atoms with Crippen LogP contribution in [0.2, 0.25) is 0 Å². The highest BCUT2D eigenvalue weighted by atomic mass is 32.2. The van der Waals surface area contributed by atoms with Gasteiger partial charge in [-0.2, -0.15) is 13.5 Å². The summed E-state index contributed by atoms with van der Waals surface area (Å²) in [4.78, 5) is 3.55. The van der Waals surface area contributed by atoms with E-state index in [1.807, 2.05) is 37.4 Å². The number of hydrazone groups is 1. The van der Waals surface area contributed by atoms with Crippen molar-refractivity contribution < 1.29 is 8.42 Å². The first kappa shape index (κ1) is 15.6. The number of thioether (sulfide) groups is 1. The van der Waals surface area contributed by atoms with Gasteiger partial charge in [-0.15, -0.1) is 11.8 Å². The SMILES string of the molecule is CSc1ccc(C=NNS(=O)(=O)c2ccc(C)cc2)cc1. The van der Waals surface area contributed by atoms with Gasteiger partial charge >= 0.3 is 0 Å². The molecule has 1 N–H and O–H groups in total. The maximum Gasteiger partial charge on any atom is 0.276 e. The Kier molecular flexibility index (Phi) is 5.03. The first-order valence-electron chi connectivity index (χ1n) is 6.27. The third kappa shape index (κ3) is 4.34. The first-order chi connectivity index (χ1) is 10.0. The normalized spacial score (nSPS) is 11.7. The molecule has 0 heterocycles. The lowest BCUT2D eigenvalue weighted by atomic mass is 10.2. The molecule has 0 fully saturated rings. The minimum absolute atomic E-state index is 0.197. The van der Waals surface area contributed by atoms with Crippen LogP contribution in [-0.2, 0) is 10.0 Å². The summed E-state index contributed by atoms with van der Waals surface area (Å²) in [5.74, 6) is 0. The van der Waals surface area contributed by atoms with Crippen molar-refractivity contribution >= 4 is 28.0 Å². The van der Waals surface area contributed by atoms with Gasteiger partial charge in [0, 0.05) is 4.90 Å². The van der Waals surface area contributed by atoms with Crippen molar-refractivity contribution in [3.05, 3.63) is 59.7 Å². The minimum Gasteiger partial charge on any atom is -0.200 e. The quantitative estimate of drug-likeness (QED) is 0.523. The van der Waals surface area contributed by atoms with Gasteiger partial charge in [0.15, 0.2) is 0 Å². The van der Waals surface area contributed by atoms with Crippen molar-refractivity contribution in [3.63, 3.8) is 0 Å². The third-order valence-electron chi connectivity index (χ3n) is 2.83. The number of nitrogens with zero attached hydrogens (tertiary/aromatic N) is 1. The van der Waals surface area contributed by atoms with Crippen LogP contribution in [0.3, 0.4) is 0 Å². The summed E-state index contributed by atoms with van der Waals surface area (Å²) in [6, 6.07) is 14.3. The van der Waals surface area contributed by atoms with E-state index in [4.69, 9.17) is 0 Å². The molecule has 0 atom stereocenters. The lowest BCUT2D eigenvalue weighted by Gasteiger charge is -2.03. The Bertz CT molecular complexity index is 721. The Morgan fingerprint density at radius 1 is 1.05 bits per heavy atom. The van der Waals surface area contributed by atoms with Crippen LogP contribution >= 0.6 is 11.8 Å². The second kappa shape index (κ2) is 6.78. The highest BCUT2D eigenvalue weighted by Gasteiger charge is 2.11. The minimum atomic E-state index is -3.61. The molecular weight excluding hydrogens is 304 g/mol. The molecule has 4 nitrogen and oxygen atoms in total. The Morgan fingerprint density at radius 2 is 1.67 bits per heavy atom.